The summed E-state index contributed by atoms with van der Waals surface area (Å²) in [5.41, 5.74) is 6.94. The summed E-state index contributed by atoms with van der Waals surface area (Å²) in [5.74, 6) is 1.00. The van der Waals surface area contributed by atoms with Gasteiger partial charge in [-0.05, 0) is 67.6 Å². The molecule has 186 valence electrons. The van der Waals surface area contributed by atoms with E-state index in [0.717, 1.165) is 57.8 Å². The Morgan fingerprint density at radius 2 is 1.86 bits per heavy atom. The zero-order valence-corrected chi connectivity index (χ0v) is 20.8. The molecule has 3 aliphatic rings. The lowest BCUT2D eigenvalue weighted by Gasteiger charge is -2.37. The third-order valence-electron chi connectivity index (χ3n) is 7.39. The minimum absolute atomic E-state index is 0.181. The van der Waals surface area contributed by atoms with Crippen LogP contribution in [0.1, 0.15) is 62.3 Å². The Bertz CT molecular complexity index is 1310. The Labute approximate surface area is 211 Å². The maximum absolute atomic E-state index is 13.9. The van der Waals surface area contributed by atoms with Crippen LogP contribution in [0.4, 0.5) is 4.39 Å². The van der Waals surface area contributed by atoms with Crippen molar-refractivity contribution >= 4 is 6.08 Å². The maximum atomic E-state index is 13.9. The van der Waals surface area contributed by atoms with Crippen LogP contribution in [0.5, 0.6) is 5.75 Å². The maximum Gasteiger partial charge on any atom is 0.128 e. The van der Waals surface area contributed by atoms with E-state index >= 15 is 0 Å². The van der Waals surface area contributed by atoms with Crippen molar-refractivity contribution in [2.75, 3.05) is 6.61 Å². The number of aliphatic hydroxyl groups is 1. The normalized spacial score (nSPS) is 23.0. The van der Waals surface area contributed by atoms with Crippen LogP contribution in [-0.2, 0) is 11.2 Å². The molecule has 0 unspecified atom stereocenters. The van der Waals surface area contributed by atoms with Gasteiger partial charge >= 0.3 is 0 Å². The van der Waals surface area contributed by atoms with E-state index in [1.165, 1.54) is 12.1 Å². The predicted molar refractivity (Wildman–Crippen MR) is 139 cm³/mol. The average molecular weight is 486 g/mol. The van der Waals surface area contributed by atoms with Crippen LogP contribution in [-0.4, -0.2) is 34.5 Å². The number of hydrogen-bond acceptors (Lipinski definition) is 4. The highest BCUT2D eigenvalue weighted by Gasteiger charge is 2.34. The fourth-order valence-corrected chi connectivity index (χ4v) is 5.70. The number of nitrogens with zero attached hydrogens (tertiary/aromatic N) is 1. The third-order valence-corrected chi connectivity index (χ3v) is 7.39. The van der Waals surface area contributed by atoms with E-state index in [-0.39, 0.29) is 23.6 Å². The van der Waals surface area contributed by atoms with Crippen LogP contribution in [0, 0.1) is 5.82 Å². The molecule has 3 aromatic rings. The van der Waals surface area contributed by atoms with Crippen LogP contribution >= 0.6 is 0 Å². The van der Waals surface area contributed by atoms with Crippen LogP contribution in [0.15, 0.2) is 54.6 Å². The van der Waals surface area contributed by atoms with Crippen molar-refractivity contribution in [2.45, 2.75) is 69.7 Å². The van der Waals surface area contributed by atoms with Crippen molar-refractivity contribution in [3.63, 3.8) is 0 Å². The average Bonchev–Trinajstić information content (AvgIpc) is 3.68. The topological polar surface area (TPSA) is 51.6 Å². The highest BCUT2D eigenvalue weighted by Crippen LogP contribution is 2.48. The Morgan fingerprint density at radius 3 is 2.61 bits per heavy atom. The molecule has 2 fully saturated rings. The fraction of sp³-hybridized carbons (Fsp3) is 0.387. The summed E-state index contributed by atoms with van der Waals surface area (Å²) in [6.45, 7) is 4.60. The number of rotatable bonds is 4. The molecule has 1 saturated heterocycles. The standard InChI is InChI=1S/C31H32FNO3/c1-31(2)18-22(34)17-23(36-31)13-14-25-28(19-9-11-21(32)12-10-19)26-15-16-35-27-6-4-3-5-24(27)30(26)33-29(25)20-7-8-20/h3-6,9-14,20,22-23,34H,7-8,15-18H2,1-2H3/t22-,23-/m1/s1. The molecular weight excluding hydrogens is 453 g/mol. The summed E-state index contributed by atoms with van der Waals surface area (Å²) >= 11 is 0. The summed E-state index contributed by atoms with van der Waals surface area (Å²) in [6.07, 6.45) is 7.78. The highest BCUT2D eigenvalue weighted by molar-refractivity contribution is 5.86. The van der Waals surface area contributed by atoms with Gasteiger partial charge in [-0.3, -0.25) is 4.98 Å². The summed E-state index contributed by atoms with van der Waals surface area (Å²) in [4.78, 5) is 5.29. The van der Waals surface area contributed by atoms with Crippen molar-refractivity contribution < 1.29 is 19.0 Å². The molecular formula is C31H32FNO3. The van der Waals surface area contributed by atoms with Gasteiger partial charge in [-0.25, -0.2) is 4.39 Å². The Balaban J connectivity index is 1.55. The molecule has 0 amide bonds. The van der Waals surface area contributed by atoms with Gasteiger partial charge in [-0.15, -0.1) is 0 Å². The monoisotopic (exact) mass is 485 g/mol. The van der Waals surface area contributed by atoms with Crippen LogP contribution in [0.25, 0.3) is 28.5 Å². The zero-order chi connectivity index (χ0) is 24.9. The molecule has 36 heavy (non-hydrogen) atoms. The number of hydrogen-bond donors (Lipinski definition) is 1. The summed E-state index contributed by atoms with van der Waals surface area (Å²) in [7, 11) is 0. The van der Waals surface area contributed by atoms with Crippen molar-refractivity contribution in [1.29, 1.82) is 0 Å². The number of ether oxygens (including phenoxy) is 2. The second-order valence-corrected chi connectivity index (χ2v) is 10.9. The van der Waals surface area contributed by atoms with Gasteiger partial charge in [0.15, 0.2) is 0 Å². The van der Waals surface area contributed by atoms with Gasteiger partial charge in [-0.1, -0.05) is 36.4 Å². The Hall–Kier alpha value is -3.02. The molecule has 4 nitrogen and oxygen atoms in total. The molecule has 5 heteroatoms. The molecule has 6 rings (SSSR count). The molecule has 0 bridgehead atoms. The smallest absolute Gasteiger partial charge is 0.128 e. The molecule has 1 saturated carbocycles. The van der Waals surface area contributed by atoms with Gasteiger partial charge in [0.1, 0.15) is 11.6 Å². The lowest BCUT2D eigenvalue weighted by atomic mass is 9.87. The second kappa shape index (κ2) is 9.13. The van der Waals surface area contributed by atoms with Gasteiger partial charge in [0.2, 0.25) is 0 Å². The van der Waals surface area contributed by atoms with Crippen LogP contribution < -0.4 is 4.74 Å². The summed E-state index contributed by atoms with van der Waals surface area (Å²) < 4.78 is 26.3. The first-order chi connectivity index (χ1) is 17.4. The molecule has 0 spiro atoms. The largest absolute Gasteiger partial charge is 0.493 e. The first-order valence-corrected chi connectivity index (χ1v) is 13.0. The van der Waals surface area contributed by atoms with Gasteiger partial charge in [0.25, 0.3) is 0 Å². The first-order valence-electron chi connectivity index (χ1n) is 13.0. The molecule has 2 aliphatic heterocycles. The van der Waals surface area contributed by atoms with E-state index in [9.17, 15) is 9.50 Å². The van der Waals surface area contributed by atoms with Crippen LogP contribution in [0.2, 0.25) is 0 Å². The first kappa shape index (κ1) is 23.4. The van der Waals surface area contributed by atoms with Gasteiger partial charge in [0, 0.05) is 36.3 Å². The molecule has 1 aromatic heterocycles. The number of fused-ring (bicyclic) bond motifs is 3. The number of para-hydroxylation sites is 1. The van der Waals surface area contributed by atoms with E-state index in [4.69, 9.17) is 14.5 Å². The van der Waals surface area contributed by atoms with E-state index in [0.29, 0.717) is 31.8 Å². The third kappa shape index (κ3) is 4.58. The molecule has 2 atom stereocenters. The van der Waals surface area contributed by atoms with Crippen molar-refractivity contribution in [3.8, 4) is 28.1 Å². The highest BCUT2D eigenvalue weighted by atomic mass is 19.1. The molecule has 1 N–H and O–H groups in total. The van der Waals surface area contributed by atoms with Crippen molar-refractivity contribution in [1.82, 2.24) is 4.98 Å². The number of aliphatic hydroxyl groups excluding tert-OH is 1. The van der Waals surface area contributed by atoms with E-state index in [2.05, 4.69) is 18.2 Å². The summed E-state index contributed by atoms with van der Waals surface area (Å²) in [5, 5.41) is 10.4. The van der Waals surface area contributed by atoms with Crippen molar-refractivity contribution in [3.05, 3.63) is 77.2 Å². The minimum atomic E-state index is -0.387. The van der Waals surface area contributed by atoms with E-state index < -0.39 is 0 Å². The molecule has 3 heterocycles. The lowest BCUT2D eigenvalue weighted by Crippen LogP contribution is -2.41. The number of aromatic nitrogens is 1. The Kier molecular flexibility index (Phi) is 5.93. The Morgan fingerprint density at radius 1 is 1.08 bits per heavy atom. The van der Waals surface area contributed by atoms with Gasteiger partial charge < -0.3 is 14.6 Å². The number of benzene rings is 2. The summed E-state index contributed by atoms with van der Waals surface area (Å²) in [6, 6.07) is 14.9. The lowest BCUT2D eigenvalue weighted by molar-refractivity contribution is -0.125. The zero-order valence-electron chi connectivity index (χ0n) is 20.8. The van der Waals surface area contributed by atoms with E-state index in [1.807, 2.05) is 44.2 Å². The van der Waals surface area contributed by atoms with Gasteiger partial charge in [0.05, 0.1) is 35.8 Å². The second-order valence-electron chi connectivity index (χ2n) is 10.9. The van der Waals surface area contributed by atoms with Crippen LogP contribution in [0.3, 0.4) is 0 Å². The predicted octanol–water partition coefficient (Wildman–Crippen LogP) is 6.70. The van der Waals surface area contributed by atoms with Gasteiger partial charge in [-0.2, -0.15) is 0 Å². The fourth-order valence-electron chi connectivity index (χ4n) is 5.70. The van der Waals surface area contributed by atoms with Crippen molar-refractivity contribution in [2.24, 2.45) is 0 Å². The molecule has 1 aliphatic carbocycles. The van der Waals surface area contributed by atoms with E-state index in [1.54, 1.807) is 0 Å². The number of halogens is 1. The molecule has 0 radical (unpaired) electrons. The minimum Gasteiger partial charge on any atom is -0.493 e. The SMILES string of the molecule is CC1(C)C[C@H](O)C[C@@H](C=Cc2c(C3CC3)nc3c(c2-c2ccc(F)cc2)CCOc2ccccc2-3)O1. The molecule has 2 aromatic carbocycles. The number of pyridine rings is 1. The quantitative estimate of drug-likeness (QED) is 0.447.